The molecule has 0 aliphatic heterocycles. The summed E-state index contributed by atoms with van der Waals surface area (Å²) in [6.45, 7) is 2.08. The Hall–Kier alpha value is -1.76. The molecule has 0 amide bonds. The molecule has 1 atom stereocenters. The van der Waals surface area contributed by atoms with Crippen LogP contribution in [0.4, 0.5) is 5.82 Å². The van der Waals surface area contributed by atoms with Gasteiger partial charge in [-0.15, -0.1) is 12.3 Å². The van der Waals surface area contributed by atoms with Crippen LogP contribution in [-0.4, -0.2) is 23.1 Å². The number of terminal acetylenes is 1. The number of nitrogens with zero attached hydrogens (tertiary/aromatic N) is 2. The van der Waals surface area contributed by atoms with Crippen molar-refractivity contribution in [3.63, 3.8) is 0 Å². The van der Waals surface area contributed by atoms with Crippen molar-refractivity contribution in [3.05, 3.63) is 12.4 Å². The Morgan fingerprint density at radius 1 is 1.60 bits per heavy atom. The monoisotopic (exact) mass is 205 g/mol. The Kier molecular flexibility index (Phi) is 4.42. The van der Waals surface area contributed by atoms with Gasteiger partial charge in [0.15, 0.2) is 0 Å². The van der Waals surface area contributed by atoms with Crippen LogP contribution < -0.4 is 10.1 Å². The molecule has 15 heavy (non-hydrogen) atoms. The van der Waals surface area contributed by atoms with Crippen LogP contribution in [0.1, 0.15) is 19.8 Å². The number of nitrogens with one attached hydrogen (secondary N) is 1. The lowest BCUT2D eigenvalue weighted by Gasteiger charge is -2.14. The van der Waals surface area contributed by atoms with Crippen LogP contribution in [0.2, 0.25) is 0 Å². The largest absolute Gasteiger partial charge is 0.481 e. The van der Waals surface area contributed by atoms with E-state index in [4.69, 9.17) is 11.2 Å². The highest BCUT2D eigenvalue weighted by molar-refractivity contribution is 5.38. The maximum Gasteiger partial charge on any atom is 0.218 e. The van der Waals surface area contributed by atoms with E-state index >= 15 is 0 Å². The Morgan fingerprint density at radius 3 is 3.00 bits per heavy atom. The van der Waals surface area contributed by atoms with Gasteiger partial charge in [0.2, 0.25) is 5.88 Å². The van der Waals surface area contributed by atoms with Gasteiger partial charge >= 0.3 is 0 Å². The normalized spacial score (nSPS) is 11.5. The van der Waals surface area contributed by atoms with E-state index in [0.29, 0.717) is 12.3 Å². The molecule has 0 aliphatic rings. The number of aromatic nitrogens is 2. The van der Waals surface area contributed by atoms with Gasteiger partial charge in [-0.25, -0.2) is 9.97 Å². The van der Waals surface area contributed by atoms with Crippen molar-refractivity contribution in [2.45, 2.75) is 25.8 Å². The molecule has 0 bridgehead atoms. The molecule has 0 fully saturated rings. The lowest BCUT2D eigenvalue weighted by molar-refractivity contribution is 0.397. The number of hydrogen-bond donors (Lipinski definition) is 1. The van der Waals surface area contributed by atoms with E-state index in [-0.39, 0.29) is 6.04 Å². The summed E-state index contributed by atoms with van der Waals surface area (Å²) >= 11 is 0. The Labute approximate surface area is 90.1 Å². The van der Waals surface area contributed by atoms with E-state index in [0.717, 1.165) is 12.2 Å². The number of ether oxygens (including phenoxy) is 1. The molecule has 1 heterocycles. The van der Waals surface area contributed by atoms with Crippen molar-refractivity contribution >= 4 is 5.82 Å². The van der Waals surface area contributed by atoms with E-state index in [1.165, 1.54) is 6.33 Å². The van der Waals surface area contributed by atoms with Gasteiger partial charge in [-0.2, -0.15) is 0 Å². The molecule has 0 spiro atoms. The summed E-state index contributed by atoms with van der Waals surface area (Å²) in [7, 11) is 1.57. The Bertz CT molecular complexity index is 346. The topological polar surface area (TPSA) is 47.0 Å². The van der Waals surface area contributed by atoms with Crippen LogP contribution in [-0.2, 0) is 0 Å². The Morgan fingerprint density at radius 2 is 2.40 bits per heavy atom. The van der Waals surface area contributed by atoms with Gasteiger partial charge in [0, 0.05) is 18.5 Å². The quantitative estimate of drug-likeness (QED) is 0.743. The van der Waals surface area contributed by atoms with Crippen molar-refractivity contribution in [3.8, 4) is 18.2 Å². The first-order valence-corrected chi connectivity index (χ1v) is 4.86. The zero-order valence-corrected chi connectivity index (χ0v) is 9.03. The molecule has 0 aliphatic carbocycles. The van der Waals surface area contributed by atoms with Crippen molar-refractivity contribution in [2.75, 3.05) is 12.4 Å². The second-order valence-corrected chi connectivity index (χ2v) is 3.10. The Balaban J connectivity index is 2.66. The summed E-state index contributed by atoms with van der Waals surface area (Å²) in [6, 6.07) is 1.99. The SMILES string of the molecule is C#CCC(CC)Nc1cc(OC)ncn1. The number of methoxy groups -OCH3 is 1. The van der Waals surface area contributed by atoms with Crippen LogP contribution in [0.5, 0.6) is 5.88 Å². The highest BCUT2D eigenvalue weighted by atomic mass is 16.5. The number of anilines is 1. The molecule has 1 rings (SSSR count). The van der Waals surface area contributed by atoms with Crippen molar-refractivity contribution in [1.29, 1.82) is 0 Å². The second-order valence-electron chi connectivity index (χ2n) is 3.10. The fraction of sp³-hybridized carbons (Fsp3) is 0.455. The standard InChI is InChI=1S/C11H15N3O/c1-4-6-9(5-2)14-10-7-11(15-3)13-8-12-10/h1,7-9H,5-6H2,2-3H3,(H,12,13,14). The van der Waals surface area contributed by atoms with Crippen molar-refractivity contribution in [1.82, 2.24) is 9.97 Å². The van der Waals surface area contributed by atoms with E-state index in [1.807, 2.05) is 0 Å². The molecule has 4 heteroatoms. The third-order valence-electron chi connectivity index (χ3n) is 2.06. The predicted octanol–water partition coefficient (Wildman–Crippen LogP) is 1.70. The van der Waals surface area contributed by atoms with Crippen LogP contribution >= 0.6 is 0 Å². The van der Waals surface area contributed by atoms with Crippen LogP contribution in [0, 0.1) is 12.3 Å². The van der Waals surface area contributed by atoms with Crippen molar-refractivity contribution in [2.24, 2.45) is 0 Å². The van der Waals surface area contributed by atoms with Gasteiger partial charge in [0.25, 0.3) is 0 Å². The molecule has 0 radical (unpaired) electrons. The minimum atomic E-state index is 0.245. The minimum absolute atomic E-state index is 0.245. The molecular weight excluding hydrogens is 190 g/mol. The fourth-order valence-electron chi connectivity index (χ4n) is 1.18. The molecule has 1 unspecified atom stereocenters. The van der Waals surface area contributed by atoms with Gasteiger partial charge in [0.1, 0.15) is 12.1 Å². The second kappa shape index (κ2) is 5.86. The minimum Gasteiger partial charge on any atom is -0.481 e. The lowest BCUT2D eigenvalue weighted by Crippen LogP contribution is -2.18. The molecule has 0 saturated heterocycles. The van der Waals surface area contributed by atoms with Gasteiger partial charge in [-0.1, -0.05) is 6.92 Å². The average molecular weight is 205 g/mol. The molecule has 1 aromatic rings. The summed E-state index contributed by atoms with van der Waals surface area (Å²) in [4.78, 5) is 8.01. The fourth-order valence-corrected chi connectivity index (χ4v) is 1.18. The lowest BCUT2D eigenvalue weighted by atomic mass is 10.1. The van der Waals surface area contributed by atoms with E-state index in [9.17, 15) is 0 Å². The summed E-state index contributed by atoms with van der Waals surface area (Å²) in [6.07, 6.45) is 8.37. The molecule has 1 aromatic heterocycles. The summed E-state index contributed by atoms with van der Waals surface area (Å²) < 4.78 is 5.00. The molecule has 0 saturated carbocycles. The number of hydrogen-bond acceptors (Lipinski definition) is 4. The summed E-state index contributed by atoms with van der Waals surface area (Å²) in [5.74, 6) is 3.91. The third kappa shape index (κ3) is 3.47. The maximum atomic E-state index is 5.27. The first kappa shape index (κ1) is 11.3. The van der Waals surface area contributed by atoms with Crippen LogP contribution in [0.3, 0.4) is 0 Å². The van der Waals surface area contributed by atoms with Gasteiger partial charge < -0.3 is 10.1 Å². The third-order valence-corrected chi connectivity index (χ3v) is 2.06. The van der Waals surface area contributed by atoms with Gasteiger partial charge in [-0.05, 0) is 6.42 Å². The first-order valence-electron chi connectivity index (χ1n) is 4.86. The zero-order valence-electron chi connectivity index (χ0n) is 9.03. The highest BCUT2D eigenvalue weighted by Crippen LogP contribution is 2.13. The maximum absolute atomic E-state index is 5.27. The van der Waals surface area contributed by atoms with E-state index < -0.39 is 0 Å². The predicted molar refractivity (Wildman–Crippen MR) is 59.7 cm³/mol. The van der Waals surface area contributed by atoms with E-state index in [2.05, 4.69) is 28.1 Å². The molecule has 80 valence electrons. The molecule has 1 N–H and O–H groups in total. The van der Waals surface area contributed by atoms with Crippen molar-refractivity contribution < 1.29 is 4.74 Å². The molecule has 4 nitrogen and oxygen atoms in total. The smallest absolute Gasteiger partial charge is 0.218 e. The highest BCUT2D eigenvalue weighted by Gasteiger charge is 2.05. The zero-order chi connectivity index (χ0) is 11.1. The molecule has 0 aromatic carbocycles. The summed E-state index contributed by atoms with van der Waals surface area (Å²) in [5.41, 5.74) is 0. The van der Waals surface area contributed by atoms with Crippen LogP contribution in [0.25, 0.3) is 0 Å². The van der Waals surface area contributed by atoms with Crippen LogP contribution in [0.15, 0.2) is 12.4 Å². The van der Waals surface area contributed by atoms with Gasteiger partial charge in [-0.3, -0.25) is 0 Å². The van der Waals surface area contributed by atoms with Gasteiger partial charge in [0.05, 0.1) is 7.11 Å². The first-order chi connectivity index (χ1) is 7.30. The molecular formula is C11H15N3O. The average Bonchev–Trinajstić information content (AvgIpc) is 2.29. The van der Waals surface area contributed by atoms with E-state index in [1.54, 1.807) is 13.2 Å². The number of rotatable bonds is 5. The summed E-state index contributed by atoms with van der Waals surface area (Å²) in [5, 5.41) is 3.23.